The van der Waals surface area contributed by atoms with E-state index in [1.54, 1.807) is 15.5 Å². The van der Waals surface area contributed by atoms with Crippen molar-refractivity contribution >= 4 is 23.3 Å². The highest BCUT2D eigenvalue weighted by Crippen LogP contribution is 2.26. The lowest BCUT2D eigenvalue weighted by atomic mass is 9.93. The van der Waals surface area contributed by atoms with Gasteiger partial charge < -0.3 is 19.7 Å². The summed E-state index contributed by atoms with van der Waals surface area (Å²) in [7, 11) is 3.82. The average molecular weight is 486 g/mol. The van der Waals surface area contributed by atoms with Crippen molar-refractivity contribution in [3.63, 3.8) is 0 Å². The first-order valence-electron chi connectivity index (χ1n) is 11.6. The lowest BCUT2D eigenvalue weighted by Crippen LogP contribution is -2.37. The van der Waals surface area contributed by atoms with Crippen LogP contribution in [0, 0.1) is 0 Å². The summed E-state index contributed by atoms with van der Waals surface area (Å²) in [6.07, 6.45) is 2.78. The molecular weight excluding hydrogens is 453 g/mol. The molecule has 10 nitrogen and oxygen atoms in total. The highest BCUT2D eigenvalue weighted by Gasteiger charge is 2.35. The van der Waals surface area contributed by atoms with Gasteiger partial charge in [0, 0.05) is 24.6 Å². The average Bonchev–Trinajstić information content (AvgIpc) is 3.34. The van der Waals surface area contributed by atoms with E-state index in [2.05, 4.69) is 15.4 Å². The van der Waals surface area contributed by atoms with E-state index in [9.17, 15) is 18.8 Å². The molecule has 4 rings (SSSR count). The fourth-order valence-corrected chi connectivity index (χ4v) is 4.05. The summed E-state index contributed by atoms with van der Waals surface area (Å²) in [4.78, 5) is 47.4. The molecule has 2 amide bonds. The topological polar surface area (TPSA) is 104 Å². The first kappa shape index (κ1) is 24.8. The van der Waals surface area contributed by atoms with Crippen LogP contribution in [0.3, 0.4) is 0 Å². The van der Waals surface area contributed by atoms with Gasteiger partial charge in [-0.15, -0.1) is 0 Å². The Hall–Kier alpha value is -3.34. The second-order valence-electron chi connectivity index (χ2n) is 10.7. The Labute approximate surface area is 203 Å². The summed E-state index contributed by atoms with van der Waals surface area (Å²) in [5, 5.41) is 7.20. The van der Waals surface area contributed by atoms with Crippen LogP contribution in [0.5, 0.6) is 0 Å². The van der Waals surface area contributed by atoms with Crippen LogP contribution in [0.15, 0.2) is 28.0 Å². The molecule has 1 unspecified atom stereocenters. The minimum Gasteiger partial charge on any atom is -0.331 e. The zero-order chi connectivity index (χ0) is 25.7. The standard InChI is InChI=1S/C24H32FN7O3/c1-23(2,3)16-11-19-31(13-18(33)27-17-7-8-24(4,25)14-26-17)20-15(21(34)32(19)28-16)12-30(22(20)35)10-9-29(5)6/h7-8,11H,9-10,12-14H2,1-6H3,(H,26,27,33). The Balaban J connectivity index is 1.74. The minimum atomic E-state index is -1.55. The molecule has 0 saturated heterocycles. The number of fused-ring (bicyclic) bond motifs is 2. The number of likely N-dealkylation sites (N-methyl/N-ethyl adjacent to an activating group) is 1. The lowest BCUT2D eigenvalue weighted by Gasteiger charge is -2.19. The van der Waals surface area contributed by atoms with Crippen molar-refractivity contribution < 1.29 is 14.0 Å². The zero-order valence-electron chi connectivity index (χ0n) is 21.1. The number of hydrogen-bond acceptors (Lipinski definition) is 6. The number of amidine groups is 1. The molecule has 2 aromatic heterocycles. The van der Waals surface area contributed by atoms with Gasteiger partial charge in [0.1, 0.15) is 29.4 Å². The number of hydrogen-bond donors (Lipinski definition) is 1. The summed E-state index contributed by atoms with van der Waals surface area (Å²) in [5.74, 6) is -0.487. The largest absolute Gasteiger partial charge is 0.331 e. The van der Waals surface area contributed by atoms with E-state index >= 15 is 0 Å². The molecule has 35 heavy (non-hydrogen) atoms. The van der Waals surface area contributed by atoms with Gasteiger partial charge in [-0.25, -0.2) is 4.39 Å². The number of carbonyl (C=O) groups excluding carboxylic acids is 2. The molecule has 0 spiro atoms. The molecule has 1 atom stereocenters. The Morgan fingerprint density at radius 2 is 2.00 bits per heavy atom. The normalized spacial score (nSPS) is 20.1. The molecule has 0 radical (unpaired) electrons. The van der Waals surface area contributed by atoms with Crippen molar-refractivity contribution in [2.75, 3.05) is 33.7 Å². The third-order valence-corrected chi connectivity index (χ3v) is 6.11. The summed E-state index contributed by atoms with van der Waals surface area (Å²) in [5.41, 5.74) is -0.686. The Morgan fingerprint density at radius 3 is 2.60 bits per heavy atom. The molecule has 1 N–H and O–H groups in total. The van der Waals surface area contributed by atoms with Gasteiger partial charge in [-0.2, -0.15) is 9.61 Å². The Morgan fingerprint density at radius 1 is 1.29 bits per heavy atom. The van der Waals surface area contributed by atoms with Gasteiger partial charge >= 0.3 is 0 Å². The number of amides is 2. The number of carbonyl (C=O) groups is 2. The monoisotopic (exact) mass is 485 g/mol. The van der Waals surface area contributed by atoms with Crippen molar-refractivity contribution in [3.05, 3.63) is 45.5 Å². The molecule has 4 heterocycles. The van der Waals surface area contributed by atoms with Crippen molar-refractivity contribution in [2.45, 2.75) is 51.9 Å². The van der Waals surface area contributed by atoms with Crippen molar-refractivity contribution in [1.82, 2.24) is 29.3 Å². The predicted octanol–water partition coefficient (Wildman–Crippen LogP) is 1.12. The Bertz CT molecular complexity index is 1310. The van der Waals surface area contributed by atoms with E-state index in [0.717, 1.165) is 0 Å². The second-order valence-corrected chi connectivity index (χ2v) is 10.7. The highest BCUT2D eigenvalue weighted by molar-refractivity contribution is 6.05. The molecule has 2 aliphatic heterocycles. The third-order valence-electron chi connectivity index (χ3n) is 6.11. The molecule has 188 valence electrons. The van der Waals surface area contributed by atoms with Crippen molar-refractivity contribution in [1.29, 1.82) is 0 Å². The number of nitrogens with one attached hydrogen (secondary N) is 1. The molecule has 0 saturated carbocycles. The van der Waals surface area contributed by atoms with E-state index in [0.29, 0.717) is 30.0 Å². The van der Waals surface area contributed by atoms with Crippen LogP contribution < -0.4 is 10.9 Å². The fraction of sp³-hybridized carbons (Fsp3) is 0.542. The molecule has 0 aromatic carbocycles. The van der Waals surface area contributed by atoms with Crippen LogP contribution >= 0.6 is 0 Å². The third kappa shape index (κ3) is 4.90. The van der Waals surface area contributed by atoms with Crippen LogP contribution in [0.2, 0.25) is 0 Å². The number of rotatable bonds is 5. The van der Waals surface area contributed by atoms with Gasteiger partial charge in [0.15, 0.2) is 0 Å². The van der Waals surface area contributed by atoms with Crippen LogP contribution in [0.4, 0.5) is 4.39 Å². The van der Waals surface area contributed by atoms with E-state index in [1.165, 1.54) is 23.6 Å². The molecule has 11 heteroatoms. The molecular formula is C24H32FN7O3. The van der Waals surface area contributed by atoms with Gasteiger partial charge in [-0.05, 0) is 33.2 Å². The second kappa shape index (κ2) is 8.71. The van der Waals surface area contributed by atoms with Crippen molar-refractivity contribution in [2.24, 2.45) is 4.99 Å². The number of aromatic nitrogens is 3. The fourth-order valence-electron chi connectivity index (χ4n) is 4.05. The van der Waals surface area contributed by atoms with Gasteiger partial charge in [0.05, 0.1) is 24.3 Å². The first-order chi connectivity index (χ1) is 16.3. The van der Waals surface area contributed by atoms with E-state index in [-0.39, 0.29) is 48.0 Å². The van der Waals surface area contributed by atoms with Gasteiger partial charge in [-0.1, -0.05) is 20.8 Å². The van der Waals surface area contributed by atoms with E-state index in [1.807, 2.05) is 39.8 Å². The lowest BCUT2D eigenvalue weighted by molar-refractivity contribution is -0.120. The maximum Gasteiger partial charge on any atom is 0.280 e. The van der Waals surface area contributed by atoms with E-state index < -0.39 is 11.6 Å². The van der Waals surface area contributed by atoms with Crippen LogP contribution in [-0.2, 0) is 23.3 Å². The molecule has 0 fully saturated rings. The summed E-state index contributed by atoms with van der Waals surface area (Å²) >= 11 is 0. The van der Waals surface area contributed by atoms with Crippen molar-refractivity contribution in [3.8, 4) is 0 Å². The first-order valence-corrected chi connectivity index (χ1v) is 11.6. The smallest absolute Gasteiger partial charge is 0.280 e. The summed E-state index contributed by atoms with van der Waals surface area (Å²) in [6, 6.07) is 1.75. The quantitative estimate of drug-likeness (QED) is 0.684. The SMILES string of the molecule is CN(C)CCN1Cc2c(n(CC(=O)NC3=NCC(C)(F)C=C3)c3cc(C(C)(C)C)nn3c2=O)C1=O. The maximum absolute atomic E-state index is 14.0. The molecule has 0 aliphatic carbocycles. The molecule has 2 aromatic rings. The number of alkyl halides is 1. The highest BCUT2D eigenvalue weighted by atomic mass is 19.1. The van der Waals surface area contributed by atoms with Crippen LogP contribution in [0.25, 0.3) is 5.65 Å². The Kier molecular flexibility index (Phi) is 6.16. The molecule has 0 bridgehead atoms. The molecule has 2 aliphatic rings. The number of dihydropyridines is 1. The minimum absolute atomic E-state index is 0.0896. The maximum atomic E-state index is 14.0. The van der Waals surface area contributed by atoms with Crippen LogP contribution in [-0.4, -0.2) is 81.0 Å². The summed E-state index contributed by atoms with van der Waals surface area (Å²) in [6.45, 7) is 8.27. The number of nitrogens with zero attached hydrogens (tertiary/aromatic N) is 6. The van der Waals surface area contributed by atoms with Gasteiger partial charge in [0.25, 0.3) is 11.5 Å². The number of halogens is 1. The predicted molar refractivity (Wildman–Crippen MR) is 131 cm³/mol. The van der Waals surface area contributed by atoms with Gasteiger partial charge in [0.2, 0.25) is 5.91 Å². The van der Waals surface area contributed by atoms with E-state index in [4.69, 9.17) is 0 Å². The number of aliphatic imine (C=N–C) groups is 1. The van der Waals surface area contributed by atoms with Crippen LogP contribution in [0.1, 0.15) is 49.4 Å². The summed E-state index contributed by atoms with van der Waals surface area (Å²) < 4.78 is 16.8. The zero-order valence-corrected chi connectivity index (χ0v) is 21.1. The van der Waals surface area contributed by atoms with Gasteiger partial charge in [-0.3, -0.25) is 19.4 Å².